The summed E-state index contributed by atoms with van der Waals surface area (Å²) in [6.07, 6.45) is -3.61. The molecule has 2 nitrogen and oxygen atoms in total. The van der Waals surface area contributed by atoms with Crippen LogP contribution in [0.5, 0.6) is 0 Å². The highest BCUT2D eigenvalue weighted by Gasteiger charge is 2.33. The predicted octanol–water partition coefficient (Wildman–Crippen LogP) is 2.70. The van der Waals surface area contributed by atoms with Gasteiger partial charge in [0.05, 0.1) is 5.56 Å². The molecular weight excluding hydrogens is 219 g/mol. The van der Waals surface area contributed by atoms with Crippen LogP contribution in [0.15, 0.2) is 17.1 Å². The van der Waals surface area contributed by atoms with E-state index >= 15 is 0 Å². The van der Waals surface area contributed by atoms with E-state index in [2.05, 4.69) is 0 Å². The highest BCUT2D eigenvalue weighted by Crippen LogP contribution is 2.30. The molecule has 0 atom stereocenters. The van der Waals surface area contributed by atoms with Crippen LogP contribution in [0.1, 0.15) is 31.9 Å². The van der Waals surface area contributed by atoms with Crippen molar-refractivity contribution in [2.24, 2.45) is 7.05 Å². The summed E-state index contributed by atoms with van der Waals surface area (Å²) in [5.41, 5.74) is -1.61. The molecule has 0 spiro atoms. The molecule has 1 rings (SSSR count). The molecule has 1 aromatic rings. The highest BCUT2D eigenvalue weighted by atomic mass is 19.4. The van der Waals surface area contributed by atoms with Gasteiger partial charge < -0.3 is 4.57 Å². The largest absolute Gasteiger partial charge is 0.417 e. The van der Waals surface area contributed by atoms with Crippen LogP contribution in [-0.2, 0) is 18.6 Å². The minimum Gasteiger partial charge on any atom is -0.318 e. The summed E-state index contributed by atoms with van der Waals surface area (Å²) in [6.45, 7) is 5.14. The van der Waals surface area contributed by atoms with Crippen LogP contribution < -0.4 is 5.56 Å². The van der Waals surface area contributed by atoms with E-state index in [4.69, 9.17) is 0 Å². The van der Waals surface area contributed by atoms with Crippen LogP contribution >= 0.6 is 0 Å². The number of hydrogen-bond donors (Lipinski definition) is 0. The van der Waals surface area contributed by atoms with Gasteiger partial charge in [0, 0.05) is 18.8 Å². The Morgan fingerprint density at radius 1 is 1.19 bits per heavy atom. The third-order valence-corrected chi connectivity index (χ3v) is 2.32. The average Bonchev–Trinajstić information content (AvgIpc) is 2.05. The Morgan fingerprint density at radius 2 is 1.69 bits per heavy atom. The Bertz CT molecular complexity index is 452. The molecule has 0 radical (unpaired) electrons. The summed E-state index contributed by atoms with van der Waals surface area (Å²) in [7, 11) is 1.33. The van der Waals surface area contributed by atoms with Crippen molar-refractivity contribution >= 4 is 0 Å². The Hall–Kier alpha value is -1.26. The molecule has 0 saturated heterocycles. The number of aryl methyl sites for hydroxylation is 1. The zero-order valence-corrected chi connectivity index (χ0v) is 9.64. The fraction of sp³-hybridized carbons (Fsp3) is 0.545. The quantitative estimate of drug-likeness (QED) is 0.675. The highest BCUT2D eigenvalue weighted by molar-refractivity contribution is 5.26. The maximum Gasteiger partial charge on any atom is 0.417 e. The molecule has 1 heterocycles. The first-order valence-corrected chi connectivity index (χ1v) is 4.82. The van der Waals surface area contributed by atoms with Crippen LogP contribution in [0, 0.1) is 0 Å². The first kappa shape index (κ1) is 12.8. The monoisotopic (exact) mass is 233 g/mol. The SMILES string of the molecule is Cn1cc(C(F)(F)F)cc(C(C)(C)C)c1=O. The molecule has 16 heavy (non-hydrogen) atoms. The topological polar surface area (TPSA) is 22.0 Å². The van der Waals surface area contributed by atoms with E-state index in [1.807, 2.05) is 0 Å². The average molecular weight is 233 g/mol. The van der Waals surface area contributed by atoms with Gasteiger partial charge in [-0.05, 0) is 11.5 Å². The lowest BCUT2D eigenvalue weighted by molar-refractivity contribution is -0.138. The zero-order valence-electron chi connectivity index (χ0n) is 9.64. The van der Waals surface area contributed by atoms with E-state index < -0.39 is 17.2 Å². The van der Waals surface area contributed by atoms with Gasteiger partial charge in [0.25, 0.3) is 5.56 Å². The van der Waals surface area contributed by atoms with Gasteiger partial charge in [0.15, 0.2) is 0 Å². The van der Waals surface area contributed by atoms with Gasteiger partial charge in [-0.1, -0.05) is 20.8 Å². The summed E-state index contributed by atoms with van der Waals surface area (Å²) in [5, 5.41) is 0. The van der Waals surface area contributed by atoms with Gasteiger partial charge in [0.2, 0.25) is 0 Å². The normalized spacial score (nSPS) is 12.9. The van der Waals surface area contributed by atoms with Crippen molar-refractivity contribution in [1.29, 1.82) is 0 Å². The standard InChI is InChI=1S/C11H14F3NO/c1-10(2,3)8-5-7(11(12,13)14)6-15(4)9(8)16/h5-6H,1-4H3. The molecule has 0 aromatic carbocycles. The summed E-state index contributed by atoms with van der Waals surface area (Å²) in [6, 6.07) is 0.933. The van der Waals surface area contributed by atoms with Gasteiger partial charge in [-0.15, -0.1) is 0 Å². The number of aromatic nitrogens is 1. The van der Waals surface area contributed by atoms with Gasteiger partial charge in [-0.3, -0.25) is 4.79 Å². The zero-order chi connectivity index (χ0) is 12.7. The van der Waals surface area contributed by atoms with Crippen molar-refractivity contribution in [3.63, 3.8) is 0 Å². The Kier molecular flexibility index (Phi) is 2.92. The molecule has 0 saturated carbocycles. The van der Waals surface area contributed by atoms with Gasteiger partial charge in [-0.2, -0.15) is 13.2 Å². The third kappa shape index (κ3) is 2.46. The first-order valence-electron chi connectivity index (χ1n) is 4.82. The fourth-order valence-electron chi connectivity index (χ4n) is 1.40. The lowest BCUT2D eigenvalue weighted by Gasteiger charge is -2.20. The van der Waals surface area contributed by atoms with Gasteiger partial charge in [0.1, 0.15) is 0 Å². The number of hydrogen-bond acceptors (Lipinski definition) is 1. The summed E-state index contributed by atoms with van der Waals surface area (Å²) < 4.78 is 38.6. The van der Waals surface area contributed by atoms with Crippen molar-refractivity contribution in [2.75, 3.05) is 0 Å². The second-order valence-electron chi connectivity index (χ2n) is 4.81. The van der Waals surface area contributed by atoms with E-state index in [0.717, 1.165) is 16.8 Å². The van der Waals surface area contributed by atoms with E-state index in [0.29, 0.717) is 0 Å². The predicted molar refractivity (Wildman–Crippen MR) is 55.4 cm³/mol. The van der Waals surface area contributed by atoms with Crippen molar-refractivity contribution in [1.82, 2.24) is 4.57 Å². The molecule has 0 bridgehead atoms. The maximum atomic E-state index is 12.6. The van der Waals surface area contributed by atoms with Crippen LogP contribution in [-0.4, -0.2) is 4.57 Å². The van der Waals surface area contributed by atoms with E-state index in [-0.39, 0.29) is 11.1 Å². The van der Waals surface area contributed by atoms with E-state index in [9.17, 15) is 18.0 Å². The number of halogens is 3. The molecule has 0 amide bonds. The van der Waals surface area contributed by atoms with E-state index in [1.165, 1.54) is 7.05 Å². The molecule has 0 unspecified atom stereocenters. The molecule has 0 fully saturated rings. The second kappa shape index (κ2) is 3.64. The molecule has 0 aliphatic rings. The molecule has 0 N–H and O–H groups in total. The molecule has 1 aromatic heterocycles. The maximum absolute atomic E-state index is 12.6. The van der Waals surface area contributed by atoms with Crippen molar-refractivity contribution in [2.45, 2.75) is 32.4 Å². The van der Waals surface area contributed by atoms with Crippen LogP contribution in [0.3, 0.4) is 0 Å². The molecule has 90 valence electrons. The number of nitrogens with zero attached hydrogens (tertiary/aromatic N) is 1. The Morgan fingerprint density at radius 3 is 2.06 bits per heavy atom. The van der Waals surface area contributed by atoms with Crippen molar-refractivity contribution in [3.8, 4) is 0 Å². The minimum absolute atomic E-state index is 0.171. The third-order valence-electron chi connectivity index (χ3n) is 2.32. The summed E-state index contributed by atoms with van der Waals surface area (Å²) >= 11 is 0. The smallest absolute Gasteiger partial charge is 0.318 e. The lowest BCUT2D eigenvalue weighted by Crippen LogP contribution is -2.30. The Balaban J connectivity index is 3.53. The molecule has 5 heteroatoms. The van der Waals surface area contributed by atoms with E-state index in [1.54, 1.807) is 20.8 Å². The van der Waals surface area contributed by atoms with Gasteiger partial charge in [-0.25, -0.2) is 0 Å². The van der Waals surface area contributed by atoms with Crippen LogP contribution in [0.4, 0.5) is 13.2 Å². The second-order valence-corrected chi connectivity index (χ2v) is 4.81. The number of rotatable bonds is 0. The van der Waals surface area contributed by atoms with Gasteiger partial charge >= 0.3 is 6.18 Å². The summed E-state index contributed by atoms with van der Waals surface area (Å²) in [5.74, 6) is 0. The first-order chi connectivity index (χ1) is 7.03. The Labute approximate surface area is 91.7 Å². The molecule has 0 aliphatic carbocycles. The van der Waals surface area contributed by atoms with Crippen LogP contribution in [0.25, 0.3) is 0 Å². The van der Waals surface area contributed by atoms with Crippen molar-refractivity contribution < 1.29 is 13.2 Å². The number of pyridine rings is 1. The lowest BCUT2D eigenvalue weighted by atomic mass is 9.87. The fourth-order valence-corrected chi connectivity index (χ4v) is 1.40. The minimum atomic E-state index is -4.43. The van der Waals surface area contributed by atoms with Crippen LogP contribution in [0.2, 0.25) is 0 Å². The molecule has 0 aliphatic heterocycles. The molecular formula is C11H14F3NO. The summed E-state index contributed by atoms with van der Waals surface area (Å²) in [4.78, 5) is 11.7. The van der Waals surface area contributed by atoms with Crippen molar-refractivity contribution in [3.05, 3.63) is 33.7 Å². The number of alkyl halides is 3.